The van der Waals surface area contributed by atoms with Crippen molar-refractivity contribution in [2.24, 2.45) is 0 Å². The Morgan fingerprint density at radius 2 is 1.59 bits per heavy atom. The molecule has 2 aromatic carbocycles. The first-order valence-corrected chi connectivity index (χ1v) is 12.2. The predicted octanol–water partition coefficient (Wildman–Crippen LogP) is 6.70. The summed E-state index contributed by atoms with van der Waals surface area (Å²) in [6, 6.07) is 6.93. The molecule has 0 radical (unpaired) electrons. The molecule has 0 atom stereocenters. The fraction of sp³-hybridized carbons (Fsp3) is 0.370. The summed E-state index contributed by atoms with van der Waals surface area (Å²) in [6.07, 6.45) is 0. The molecule has 198 valence electrons. The molecule has 0 amide bonds. The van der Waals surface area contributed by atoms with Gasteiger partial charge in [0.05, 0.1) is 21.7 Å². The van der Waals surface area contributed by atoms with Crippen LogP contribution in [0.5, 0.6) is 5.75 Å². The van der Waals surface area contributed by atoms with Gasteiger partial charge in [-0.05, 0) is 78.8 Å². The third-order valence-corrected chi connectivity index (χ3v) is 6.36. The van der Waals surface area contributed by atoms with Crippen molar-refractivity contribution in [3.05, 3.63) is 69.5 Å². The van der Waals surface area contributed by atoms with Crippen molar-refractivity contribution >= 4 is 23.3 Å². The second-order valence-corrected chi connectivity index (χ2v) is 11.0. The van der Waals surface area contributed by atoms with Crippen molar-refractivity contribution in [2.45, 2.75) is 66.3 Å². The largest absolute Gasteiger partial charge is 0.476 e. The van der Waals surface area contributed by atoms with E-state index in [0.717, 1.165) is 24.3 Å². The van der Waals surface area contributed by atoms with Crippen molar-refractivity contribution in [3.8, 4) is 16.3 Å². The Bertz CT molecular complexity index is 1330. The molecule has 0 aliphatic heterocycles. The quantitative estimate of drug-likeness (QED) is 0.248. The summed E-state index contributed by atoms with van der Waals surface area (Å²) in [7, 11) is 0. The lowest BCUT2D eigenvalue weighted by molar-refractivity contribution is -0.170. The molecule has 10 heteroatoms. The number of rotatable bonds is 7. The van der Waals surface area contributed by atoms with Crippen LogP contribution in [-0.2, 0) is 20.9 Å². The fourth-order valence-electron chi connectivity index (χ4n) is 3.13. The first-order valence-electron chi connectivity index (χ1n) is 11.4. The molecule has 1 aromatic heterocycles. The number of ether oxygens (including phenoxy) is 3. The number of esters is 2. The Balaban J connectivity index is 1.66. The minimum absolute atomic E-state index is 0.0768. The van der Waals surface area contributed by atoms with Crippen molar-refractivity contribution in [3.63, 3.8) is 0 Å². The number of nitrogens with zero attached hydrogens (tertiary/aromatic N) is 1. The number of thiazole rings is 1. The van der Waals surface area contributed by atoms with Crippen LogP contribution < -0.4 is 4.74 Å². The summed E-state index contributed by atoms with van der Waals surface area (Å²) < 4.78 is 58.8. The maximum Gasteiger partial charge on any atom is 0.350 e. The van der Waals surface area contributed by atoms with Crippen molar-refractivity contribution in [2.75, 3.05) is 0 Å². The minimum atomic E-state index is -1.27. The van der Waals surface area contributed by atoms with Crippen LogP contribution in [0.15, 0.2) is 30.3 Å². The molecule has 0 aliphatic rings. The molecular formula is C27H28F3NO5S. The number of carbonyl (C=O) groups is 2. The molecule has 0 N–H and O–H groups in total. The van der Waals surface area contributed by atoms with Gasteiger partial charge in [0.25, 0.3) is 0 Å². The van der Waals surface area contributed by atoms with Gasteiger partial charge in [0.1, 0.15) is 28.8 Å². The van der Waals surface area contributed by atoms with Gasteiger partial charge < -0.3 is 14.2 Å². The minimum Gasteiger partial charge on any atom is -0.476 e. The zero-order valence-corrected chi connectivity index (χ0v) is 22.4. The van der Waals surface area contributed by atoms with E-state index in [1.807, 2.05) is 0 Å². The number of aromatic nitrogens is 1. The summed E-state index contributed by atoms with van der Waals surface area (Å²) in [4.78, 5) is 29.6. The molecule has 1 heterocycles. The predicted molar refractivity (Wildman–Crippen MR) is 133 cm³/mol. The molecule has 0 saturated carbocycles. The van der Waals surface area contributed by atoms with Crippen LogP contribution in [0, 0.1) is 31.3 Å². The highest BCUT2D eigenvalue weighted by molar-refractivity contribution is 7.15. The standard InChI is InChI=1S/C27H28F3NO5S/c1-14-19(28)12-18(22(30)21(14)29)23-31-15(2)20(37-23)13-34-24(32)16-8-10-17(11-9-16)35-27(6,7)25(33)36-26(3,4)5/h8-12H,13H2,1-7H3. The summed E-state index contributed by atoms with van der Waals surface area (Å²) >= 11 is 0.977. The van der Waals surface area contributed by atoms with Crippen LogP contribution in [0.2, 0.25) is 0 Å². The number of hydrogen-bond acceptors (Lipinski definition) is 7. The number of benzene rings is 2. The molecule has 6 nitrogen and oxygen atoms in total. The molecule has 0 unspecified atom stereocenters. The van der Waals surface area contributed by atoms with Gasteiger partial charge in [-0.25, -0.2) is 27.7 Å². The topological polar surface area (TPSA) is 74.7 Å². The highest BCUT2D eigenvalue weighted by Crippen LogP contribution is 2.33. The number of carbonyl (C=O) groups excluding carboxylic acids is 2. The van der Waals surface area contributed by atoms with E-state index in [9.17, 15) is 22.8 Å². The summed E-state index contributed by atoms with van der Waals surface area (Å²) in [6.45, 7) is 11.1. The van der Waals surface area contributed by atoms with Gasteiger partial charge in [-0.2, -0.15) is 0 Å². The zero-order valence-electron chi connectivity index (χ0n) is 21.6. The Kier molecular flexibility index (Phi) is 8.02. The van der Waals surface area contributed by atoms with E-state index in [1.54, 1.807) is 41.5 Å². The zero-order chi connectivity index (χ0) is 27.7. The highest BCUT2D eigenvalue weighted by Gasteiger charge is 2.34. The molecule has 3 rings (SSSR count). The lowest BCUT2D eigenvalue weighted by Gasteiger charge is -2.29. The fourth-order valence-corrected chi connectivity index (χ4v) is 4.12. The summed E-state index contributed by atoms with van der Waals surface area (Å²) in [5.41, 5.74) is -1.94. The van der Waals surface area contributed by atoms with E-state index in [0.29, 0.717) is 16.3 Å². The Labute approximate surface area is 217 Å². The van der Waals surface area contributed by atoms with E-state index in [-0.39, 0.29) is 22.7 Å². The average molecular weight is 536 g/mol. The van der Waals surface area contributed by atoms with Gasteiger partial charge in [0, 0.05) is 5.56 Å². The lowest BCUT2D eigenvalue weighted by atomic mass is 10.1. The third-order valence-electron chi connectivity index (χ3n) is 5.20. The first kappa shape index (κ1) is 28.2. The Morgan fingerprint density at radius 3 is 2.19 bits per heavy atom. The second kappa shape index (κ2) is 10.5. The van der Waals surface area contributed by atoms with E-state index in [2.05, 4.69) is 4.98 Å². The third kappa shape index (κ3) is 6.68. The number of aryl methyl sites for hydroxylation is 1. The van der Waals surface area contributed by atoms with Gasteiger partial charge in [0.2, 0.25) is 0 Å². The second-order valence-electron chi connectivity index (χ2n) is 9.90. The SMILES string of the molecule is Cc1nc(-c2cc(F)c(C)c(F)c2F)sc1COC(=O)c1ccc(OC(C)(C)C(=O)OC(C)(C)C)cc1. The van der Waals surface area contributed by atoms with Gasteiger partial charge >= 0.3 is 11.9 Å². The molecule has 37 heavy (non-hydrogen) atoms. The molecular weight excluding hydrogens is 507 g/mol. The average Bonchev–Trinajstić information content (AvgIpc) is 3.17. The van der Waals surface area contributed by atoms with Crippen LogP contribution in [0.4, 0.5) is 13.2 Å². The van der Waals surface area contributed by atoms with E-state index in [1.165, 1.54) is 24.3 Å². The van der Waals surface area contributed by atoms with E-state index >= 15 is 0 Å². The van der Waals surface area contributed by atoms with Crippen LogP contribution >= 0.6 is 11.3 Å². The van der Waals surface area contributed by atoms with Gasteiger partial charge in [0.15, 0.2) is 17.2 Å². The van der Waals surface area contributed by atoms with Crippen molar-refractivity contribution in [1.29, 1.82) is 0 Å². The number of halogens is 3. The highest BCUT2D eigenvalue weighted by atomic mass is 32.1. The van der Waals surface area contributed by atoms with Crippen LogP contribution in [0.1, 0.15) is 61.1 Å². The van der Waals surface area contributed by atoms with Crippen molar-refractivity contribution < 1.29 is 37.0 Å². The monoisotopic (exact) mass is 535 g/mol. The van der Waals surface area contributed by atoms with Gasteiger partial charge in [-0.15, -0.1) is 11.3 Å². The first-order chi connectivity index (χ1) is 17.1. The summed E-state index contributed by atoms with van der Waals surface area (Å²) in [5.74, 6) is -4.14. The maximum absolute atomic E-state index is 14.4. The Hall–Kier alpha value is -3.40. The van der Waals surface area contributed by atoms with Crippen LogP contribution in [-0.4, -0.2) is 28.1 Å². The molecule has 0 saturated heterocycles. The van der Waals surface area contributed by atoms with Crippen LogP contribution in [0.3, 0.4) is 0 Å². The van der Waals surface area contributed by atoms with E-state index in [4.69, 9.17) is 14.2 Å². The number of hydrogen-bond donors (Lipinski definition) is 0. The lowest BCUT2D eigenvalue weighted by Crippen LogP contribution is -2.43. The molecule has 0 fully saturated rings. The van der Waals surface area contributed by atoms with Crippen LogP contribution in [0.25, 0.3) is 10.6 Å². The van der Waals surface area contributed by atoms with E-state index < -0.39 is 46.2 Å². The summed E-state index contributed by atoms with van der Waals surface area (Å²) in [5, 5.41) is 0.0768. The van der Waals surface area contributed by atoms with Crippen molar-refractivity contribution in [1.82, 2.24) is 4.98 Å². The van der Waals surface area contributed by atoms with Gasteiger partial charge in [-0.3, -0.25) is 0 Å². The maximum atomic E-state index is 14.4. The molecule has 0 aliphatic carbocycles. The smallest absolute Gasteiger partial charge is 0.350 e. The molecule has 0 spiro atoms. The molecule has 0 bridgehead atoms. The Morgan fingerprint density at radius 1 is 0.973 bits per heavy atom. The van der Waals surface area contributed by atoms with Gasteiger partial charge in [-0.1, -0.05) is 0 Å². The molecule has 3 aromatic rings. The normalized spacial score (nSPS) is 11.8.